The number of benzene rings is 4. The number of thioether (sulfide) groups is 1. The minimum atomic E-state index is 0.282. The largest absolute Gasteiger partial charge is 0.508 e. The van der Waals surface area contributed by atoms with E-state index in [2.05, 4.69) is 62.0 Å². The molecule has 3 heteroatoms. The Balaban J connectivity index is 1.31. The van der Waals surface area contributed by atoms with Gasteiger partial charge in [0.15, 0.2) is 0 Å². The van der Waals surface area contributed by atoms with E-state index in [1.165, 1.54) is 65.5 Å². The number of fused-ring (bicyclic) bond motifs is 1. The summed E-state index contributed by atoms with van der Waals surface area (Å²) in [7, 11) is 0. The van der Waals surface area contributed by atoms with Crippen molar-refractivity contribution < 1.29 is 10.2 Å². The Morgan fingerprint density at radius 3 is 2.08 bits per heavy atom. The second-order valence-corrected chi connectivity index (χ2v) is 11.8. The monoisotopic (exact) mass is 526 g/mol. The molecule has 0 heterocycles. The molecule has 0 bridgehead atoms. The van der Waals surface area contributed by atoms with E-state index in [9.17, 15) is 10.2 Å². The molecule has 1 unspecified atom stereocenters. The summed E-state index contributed by atoms with van der Waals surface area (Å²) >= 11 is 2.14. The predicted molar refractivity (Wildman–Crippen MR) is 166 cm³/mol. The maximum absolute atomic E-state index is 9.97. The van der Waals surface area contributed by atoms with Crippen LogP contribution in [0.1, 0.15) is 69.1 Å². The molecule has 2 nitrogen and oxygen atoms in total. The Morgan fingerprint density at radius 2 is 1.37 bits per heavy atom. The number of rotatable bonds is 14. The number of hydrogen-bond acceptors (Lipinski definition) is 3. The van der Waals surface area contributed by atoms with Crippen molar-refractivity contribution >= 4 is 22.5 Å². The first-order valence-electron chi connectivity index (χ1n) is 14.3. The van der Waals surface area contributed by atoms with Gasteiger partial charge in [-0.2, -0.15) is 11.8 Å². The Hall–Kier alpha value is -2.91. The van der Waals surface area contributed by atoms with Crippen molar-refractivity contribution in [2.24, 2.45) is 0 Å². The van der Waals surface area contributed by atoms with Crippen LogP contribution in [0.5, 0.6) is 11.5 Å². The van der Waals surface area contributed by atoms with Crippen LogP contribution in [0.15, 0.2) is 78.9 Å². The number of phenols is 2. The van der Waals surface area contributed by atoms with Crippen molar-refractivity contribution in [2.75, 3.05) is 5.75 Å². The summed E-state index contributed by atoms with van der Waals surface area (Å²) in [5, 5.41) is 22.8. The molecular weight excluding hydrogens is 484 g/mol. The standard InChI is InChI=1S/C35H42O2S/c1-3-8-32(4-2)38-24-23-27-13-11-26(12-14-27)9-6-5-7-10-35-33(28-15-18-30(36)19-16-28)21-17-29-25-31(37)20-22-34(29)35/h11-22,25,32,36-37H,3-10,23-24H2,1-2H3. The van der Waals surface area contributed by atoms with Gasteiger partial charge < -0.3 is 10.2 Å². The molecule has 4 rings (SSSR count). The molecule has 0 amide bonds. The topological polar surface area (TPSA) is 40.5 Å². The molecule has 2 N–H and O–H groups in total. The van der Waals surface area contributed by atoms with Crippen molar-refractivity contribution in [1.82, 2.24) is 0 Å². The van der Waals surface area contributed by atoms with E-state index in [0.29, 0.717) is 5.75 Å². The number of aryl methyl sites for hydroxylation is 3. The van der Waals surface area contributed by atoms with Gasteiger partial charge in [0.25, 0.3) is 0 Å². The molecule has 0 aliphatic carbocycles. The fraction of sp³-hybridized carbons (Fsp3) is 0.371. The van der Waals surface area contributed by atoms with Gasteiger partial charge in [0.1, 0.15) is 11.5 Å². The summed E-state index contributed by atoms with van der Waals surface area (Å²) in [5.74, 6) is 1.80. The first kappa shape index (κ1) is 28.1. The highest BCUT2D eigenvalue weighted by Gasteiger charge is 2.11. The summed E-state index contributed by atoms with van der Waals surface area (Å²) in [5.41, 5.74) is 6.53. The maximum atomic E-state index is 9.97. The first-order chi connectivity index (χ1) is 18.6. The van der Waals surface area contributed by atoms with Crippen LogP contribution in [0, 0.1) is 0 Å². The fourth-order valence-electron chi connectivity index (χ4n) is 5.31. The van der Waals surface area contributed by atoms with Gasteiger partial charge in [-0.3, -0.25) is 0 Å². The summed E-state index contributed by atoms with van der Waals surface area (Å²) in [6, 6.07) is 26.6. The minimum Gasteiger partial charge on any atom is -0.508 e. The first-order valence-corrected chi connectivity index (χ1v) is 15.4. The van der Waals surface area contributed by atoms with Gasteiger partial charge in [-0.15, -0.1) is 0 Å². The van der Waals surface area contributed by atoms with Gasteiger partial charge in [-0.05, 0) is 114 Å². The van der Waals surface area contributed by atoms with E-state index in [1.807, 2.05) is 24.3 Å². The number of unbranched alkanes of at least 4 members (excludes halogenated alkanes) is 2. The van der Waals surface area contributed by atoms with Gasteiger partial charge in [0, 0.05) is 5.25 Å². The molecule has 1 atom stereocenters. The second kappa shape index (κ2) is 14.3. The number of hydrogen-bond donors (Lipinski definition) is 2. The van der Waals surface area contributed by atoms with Crippen LogP contribution in [0.4, 0.5) is 0 Å². The average Bonchev–Trinajstić information content (AvgIpc) is 2.93. The molecule has 0 fully saturated rings. The summed E-state index contributed by atoms with van der Waals surface area (Å²) < 4.78 is 0. The maximum Gasteiger partial charge on any atom is 0.116 e. The minimum absolute atomic E-state index is 0.282. The summed E-state index contributed by atoms with van der Waals surface area (Å²) in [4.78, 5) is 0. The van der Waals surface area contributed by atoms with Gasteiger partial charge in [-0.1, -0.05) is 81.3 Å². The van der Waals surface area contributed by atoms with E-state index < -0.39 is 0 Å². The third-order valence-electron chi connectivity index (χ3n) is 7.52. The highest BCUT2D eigenvalue weighted by Crippen LogP contribution is 2.34. The highest BCUT2D eigenvalue weighted by molar-refractivity contribution is 7.99. The molecule has 0 radical (unpaired) electrons. The SMILES string of the molecule is CCCC(CC)SCCc1ccc(CCCCCc2c(-c3ccc(O)cc3)ccc3cc(O)ccc23)cc1. The van der Waals surface area contributed by atoms with Crippen LogP contribution in [-0.2, 0) is 19.3 Å². The molecule has 0 spiro atoms. The Bertz CT molecular complexity index is 1280. The zero-order chi connectivity index (χ0) is 26.7. The van der Waals surface area contributed by atoms with Crippen LogP contribution in [0.3, 0.4) is 0 Å². The molecule has 0 aliphatic rings. The molecule has 0 aromatic heterocycles. The Morgan fingerprint density at radius 1 is 0.684 bits per heavy atom. The molecule has 4 aromatic carbocycles. The smallest absolute Gasteiger partial charge is 0.116 e. The van der Waals surface area contributed by atoms with Crippen molar-refractivity contribution in [1.29, 1.82) is 0 Å². The molecule has 0 saturated carbocycles. The molecule has 0 saturated heterocycles. The normalized spacial score (nSPS) is 12.2. The zero-order valence-electron chi connectivity index (χ0n) is 23.0. The fourth-order valence-corrected chi connectivity index (χ4v) is 6.64. The third-order valence-corrected chi connectivity index (χ3v) is 9.00. The van der Waals surface area contributed by atoms with Crippen LogP contribution in [0.2, 0.25) is 0 Å². The summed E-state index contributed by atoms with van der Waals surface area (Å²) in [6.07, 6.45) is 10.7. The van der Waals surface area contributed by atoms with Crippen molar-refractivity contribution in [3.8, 4) is 22.6 Å². The van der Waals surface area contributed by atoms with Gasteiger partial charge in [-0.25, -0.2) is 0 Å². The molecular formula is C35H42O2S. The van der Waals surface area contributed by atoms with Gasteiger partial charge in [0.2, 0.25) is 0 Å². The molecule has 0 aliphatic heterocycles. The predicted octanol–water partition coefficient (Wildman–Crippen LogP) is 9.73. The lowest BCUT2D eigenvalue weighted by molar-refractivity contribution is 0.475. The average molecular weight is 527 g/mol. The summed E-state index contributed by atoms with van der Waals surface area (Å²) in [6.45, 7) is 4.59. The van der Waals surface area contributed by atoms with Crippen LogP contribution < -0.4 is 0 Å². The number of aromatic hydroxyl groups is 2. The lowest BCUT2D eigenvalue weighted by Gasteiger charge is -2.14. The van der Waals surface area contributed by atoms with E-state index in [4.69, 9.17) is 0 Å². The van der Waals surface area contributed by atoms with Crippen LogP contribution in [-0.4, -0.2) is 21.2 Å². The van der Waals surface area contributed by atoms with Crippen molar-refractivity contribution in [3.05, 3.63) is 95.6 Å². The second-order valence-electron chi connectivity index (χ2n) is 10.4. The Labute approximate surface area is 233 Å². The van der Waals surface area contributed by atoms with Crippen molar-refractivity contribution in [2.45, 2.75) is 76.9 Å². The third kappa shape index (κ3) is 7.80. The van der Waals surface area contributed by atoms with E-state index in [-0.39, 0.29) is 5.75 Å². The lowest BCUT2D eigenvalue weighted by Crippen LogP contribution is -2.02. The van der Waals surface area contributed by atoms with Gasteiger partial charge in [0.05, 0.1) is 0 Å². The van der Waals surface area contributed by atoms with E-state index in [1.54, 1.807) is 18.2 Å². The van der Waals surface area contributed by atoms with Gasteiger partial charge >= 0.3 is 0 Å². The molecule has 4 aromatic rings. The van der Waals surface area contributed by atoms with E-state index in [0.717, 1.165) is 41.9 Å². The molecule has 200 valence electrons. The number of phenolic OH excluding ortho intramolecular Hbond substituents is 2. The van der Waals surface area contributed by atoms with Crippen molar-refractivity contribution in [3.63, 3.8) is 0 Å². The highest BCUT2D eigenvalue weighted by atomic mass is 32.2. The van der Waals surface area contributed by atoms with Crippen LogP contribution in [0.25, 0.3) is 21.9 Å². The Kier molecular flexibility index (Phi) is 10.6. The van der Waals surface area contributed by atoms with E-state index >= 15 is 0 Å². The zero-order valence-corrected chi connectivity index (χ0v) is 23.8. The quantitative estimate of drug-likeness (QED) is 0.161. The molecule has 38 heavy (non-hydrogen) atoms. The van der Waals surface area contributed by atoms with Crippen LogP contribution >= 0.6 is 11.8 Å². The lowest BCUT2D eigenvalue weighted by atomic mass is 9.90.